The smallest absolute Gasteiger partial charge is 0.282 e. The number of rotatable bonds is 5. The van der Waals surface area contributed by atoms with Crippen LogP contribution in [0.2, 0.25) is 5.02 Å². The number of carbonyl (C=O) groups is 2. The van der Waals surface area contributed by atoms with Gasteiger partial charge >= 0.3 is 0 Å². The number of aromatic nitrogens is 2. The molecule has 2 aromatic heterocycles. The van der Waals surface area contributed by atoms with Gasteiger partial charge in [-0.15, -0.1) is 0 Å². The summed E-state index contributed by atoms with van der Waals surface area (Å²) in [6.45, 7) is 7.64. The molecule has 2 amide bonds. The number of hydrogen-bond donors (Lipinski definition) is 2. The van der Waals surface area contributed by atoms with Gasteiger partial charge < -0.3 is 24.9 Å². The van der Waals surface area contributed by atoms with Gasteiger partial charge in [-0.25, -0.2) is 9.37 Å². The van der Waals surface area contributed by atoms with Crippen LogP contribution in [0.15, 0.2) is 59.9 Å². The SMILES string of the molecule is C=CC(=O)N1CCN2c3c(c(=O)n(-c4c(CO)cccc4C(C)C)c4nc(-c5c(O)cccc5F)c(Cl)cc34)N(C)C(=O)[C@H]2C1. The number of fused-ring (bicyclic) bond motifs is 5. The zero-order valence-corrected chi connectivity index (χ0v) is 25.7. The molecule has 4 heterocycles. The van der Waals surface area contributed by atoms with Crippen LogP contribution in [0.3, 0.4) is 0 Å². The van der Waals surface area contributed by atoms with E-state index in [1.165, 1.54) is 45.7 Å². The summed E-state index contributed by atoms with van der Waals surface area (Å²) < 4.78 is 16.5. The molecule has 0 spiro atoms. The zero-order valence-electron chi connectivity index (χ0n) is 24.9. The first-order chi connectivity index (χ1) is 21.5. The molecule has 2 N–H and O–H groups in total. The fourth-order valence-electron chi connectivity index (χ4n) is 6.38. The van der Waals surface area contributed by atoms with Crippen molar-refractivity contribution >= 4 is 45.8 Å². The molecule has 6 rings (SSSR count). The van der Waals surface area contributed by atoms with Crippen molar-refractivity contribution in [2.75, 3.05) is 36.5 Å². The van der Waals surface area contributed by atoms with Gasteiger partial charge in [0.1, 0.15) is 28.9 Å². The summed E-state index contributed by atoms with van der Waals surface area (Å²) in [5.41, 5.74) is 1.22. The molecule has 0 saturated carbocycles. The third-order valence-electron chi connectivity index (χ3n) is 8.55. The number of phenols is 1. The van der Waals surface area contributed by atoms with Crippen LogP contribution in [0, 0.1) is 5.82 Å². The maximum Gasteiger partial charge on any atom is 0.282 e. The lowest BCUT2D eigenvalue weighted by atomic mass is 9.96. The Balaban J connectivity index is 1.76. The van der Waals surface area contributed by atoms with E-state index in [4.69, 9.17) is 16.6 Å². The molecule has 1 fully saturated rings. The molecule has 0 aliphatic carbocycles. The Morgan fingerprint density at radius 3 is 2.56 bits per heavy atom. The van der Waals surface area contributed by atoms with E-state index in [9.17, 15) is 24.6 Å². The Morgan fingerprint density at radius 2 is 1.89 bits per heavy atom. The molecular formula is C33H31ClFN5O5. The minimum absolute atomic E-state index is 0.00593. The molecular weight excluding hydrogens is 601 g/mol. The van der Waals surface area contributed by atoms with Crippen molar-refractivity contribution in [2.45, 2.75) is 32.4 Å². The van der Waals surface area contributed by atoms with Gasteiger partial charge in [0.05, 0.1) is 40.8 Å². The highest BCUT2D eigenvalue weighted by molar-refractivity contribution is 6.34. The topological polar surface area (TPSA) is 119 Å². The lowest BCUT2D eigenvalue weighted by Gasteiger charge is -2.47. The number of phenolic OH excluding ortho intramolecular Hbond substituents is 1. The number of aromatic hydroxyl groups is 1. The average molecular weight is 632 g/mol. The summed E-state index contributed by atoms with van der Waals surface area (Å²) >= 11 is 6.80. The van der Waals surface area contributed by atoms with Crippen LogP contribution in [0.4, 0.5) is 15.8 Å². The van der Waals surface area contributed by atoms with Gasteiger partial charge in [-0.1, -0.05) is 56.3 Å². The number of aliphatic hydroxyl groups is 1. The van der Waals surface area contributed by atoms with E-state index in [-0.39, 0.29) is 70.7 Å². The second-order valence-electron chi connectivity index (χ2n) is 11.4. The molecule has 1 atom stereocenters. The van der Waals surface area contributed by atoms with Gasteiger partial charge in [0.25, 0.3) is 11.5 Å². The van der Waals surface area contributed by atoms with Crippen LogP contribution in [-0.2, 0) is 16.2 Å². The molecule has 232 valence electrons. The first-order valence-corrected chi connectivity index (χ1v) is 14.8. The van der Waals surface area contributed by atoms with Crippen LogP contribution in [0.1, 0.15) is 30.9 Å². The number of pyridine rings is 2. The second-order valence-corrected chi connectivity index (χ2v) is 11.8. The van der Waals surface area contributed by atoms with E-state index in [0.717, 1.165) is 5.56 Å². The van der Waals surface area contributed by atoms with Crippen molar-refractivity contribution < 1.29 is 24.2 Å². The maximum atomic E-state index is 15.2. The molecule has 45 heavy (non-hydrogen) atoms. The molecule has 12 heteroatoms. The standard InChI is InChI=1S/C33H31ClFN5O5/c1-5-25(43)38-12-13-39-23(15-38)32(44)37(4)30-29(39)20-14-21(34)27(26-22(35)10-7-11-24(26)42)36-31(20)40(33(30)45)28-18(16-41)8-6-9-19(28)17(2)3/h5-11,14,17,23,41-42H,1,12-13,15-16H2,2-4H3/t23-/m1/s1. The number of aliphatic hydroxyl groups excluding tert-OH is 1. The zero-order chi connectivity index (χ0) is 32.3. The van der Waals surface area contributed by atoms with Crippen LogP contribution >= 0.6 is 11.6 Å². The normalized spacial score (nSPS) is 16.3. The highest BCUT2D eigenvalue weighted by Crippen LogP contribution is 2.44. The second kappa shape index (κ2) is 11.3. The number of hydrogen-bond acceptors (Lipinski definition) is 7. The molecule has 2 aromatic carbocycles. The Bertz CT molecular complexity index is 1960. The fourth-order valence-corrected chi connectivity index (χ4v) is 6.63. The number of amides is 2. The number of benzene rings is 2. The molecule has 10 nitrogen and oxygen atoms in total. The third-order valence-corrected chi connectivity index (χ3v) is 8.84. The van der Waals surface area contributed by atoms with Gasteiger partial charge in [-0.05, 0) is 35.8 Å². The molecule has 4 aromatic rings. The maximum absolute atomic E-state index is 15.2. The Kier molecular flexibility index (Phi) is 7.62. The predicted molar refractivity (Wildman–Crippen MR) is 171 cm³/mol. The number of nitrogens with zero attached hydrogens (tertiary/aromatic N) is 5. The van der Waals surface area contributed by atoms with E-state index < -0.39 is 24.0 Å². The first kappa shape index (κ1) is 30.3. The van der Waals surface area contributed by atoms with Gasteiger partial charge in [0.2, 0.25) is 5.91 Å². The minimum atomic E-state index is -0.802. The number of carbonyl (C=O) groups excluding carboxylic acids is 2. The Hall–Kier alpha value is -4.74. The molecule has 0 radical (unpaired) electrons. The molecule has 0 bridgehead atoms. The van der Waals surface area contributed by atoms with Gasteiger partial charge in [-0.2, -0.15) is 0 Å². The van der Waals surface area contributed by atoms with E-state index in [0.29, 0.717) is 22.3 Å². The summed E-state index contributed by atoms with van der Waals surface area (Å²) in [5.74, 6) is -1.92. The van der Waals surface area contributed by atoms with Crippen molar-refractivity contribution in [3.05, 3.63) is 87.4 Å². The number of para-hydroxylation sites is 1. The van der Waals surface area contributed by atoms with Crippen molar-refractivity contribution in [1.82, 2.24) is 14.5 Å². The molecule has 1 saturated heterocycles. The quantitative estimate of drug-likeness (QED) is 0.315. The lowest BCUT2D eigenvalue weighted by Crippen LogP contribution is -2.63. The summed E-state index contributed by atoms with van der Waals surface area (Å²) in [6.07, 6.45) is 1.20. The van der Waals surface area contributed by atoms with Crippen LogP contribution in [0.25, 0.3) is 28.0 Å². The van der Waals surface area contributed by atoms with Crippen LogP contribution in [0.5, 0.6) is 5.75 Å². The minimum Gasteiger partial charge on any atom is -0.507 e. The number of likely N-dealkylation sites (N-methyl/N-ethyl adjacent to an activating group) is 1. The lowest BCUT2D eigenvalue weighted by molar-refractivity contribution is -0.128. The Morgan fingerprint density at radius 1 is 1.16 bits per heavy atom. The first-order valence-electron chi connectivity index (χ1n) is 14.5. The van der Waals surface area contributed by atoms with E-state index in [2.05, 4.69) is 6.58 Å². The highest BCUT2D eigenvalue weighted by Gasteiger charge is 2.44. The molecule has 2 aliphatic heterocycles. The number of piperazine rings is 1. The number of halogens is 2. The highest BCUT2D eigenvalue weighted by atomic mass is 35.5. The van der Waals surface area contributed by atoms with Gasteiger partial charge in [0.15, 0.2) is 0 Å². The molecule has 0 unspecified atom stereocenters. The monoisotopic (exact) mass is 631 g/mol. The van der Waals surface area contributed by atoms with Crippen LogP contribution < -0.4 is 15.4 Å². The van der Waals surface area contributed by atoms with Crippen molar-refractivity contribution in [2.24, 2.45) is 0 Å². The molecule has 2 aliphatic rings. The summed E-state index contributed by atoms with van der Waals surface area (Å²) in [6, 6.07) is 9.91. The van der Waals surface area contributed by atoms with E-state index >= 15 is 4.39 Å². The summed E-state index contributed by atoms with van der Waals surface area (Å²) in [4.78, 5) is 50.4. The van der Waals surface area contributed by atoms with E-state index in [1.807, 2.05) is 19.9 Å². The van der Waals surface area contributed by atoms with Crippen molar-refractivity contribution in [1.29, 1.82) is 0 Å². The average Bonchev–Trinajstić information content (AvgIpc) is 3.02. The predicted octanol–water partition coefficient (Wildman–Crippen LogP) is 4.35. The largest absolute Gasteiger partial charge is 0.507 e. The van der Waals surface area contributed by atoms with Crippen molar-refractivity contribution in [3.63, 3.8) is 0 Å². The summed E-state index contributed by atoms with van der Waals surface area (Å²) in [7, 11) is 1.51. The fraction of sp³-hybridized carbons (Fsp3) is 0.273. The van der Waals surface area contributed by atoms with Gasteiger partial charge in [-0.3, -0.25) is 19.0 Å². The summed E-state index contributed by atoms with van der Waals surface area (Å²) in [5, 5.41) is 21.5. The van der Waals surface area contributed by atoms with Crippen LogP contribution in [-0.4, -0.2) is 69.2 Å². The van der Waals surface area contributed by atoms with Crippen molar-refractivity contribution in [3.8, 4) is 22.7 Å². The third kappa shape index (κ3) is 4.65. The number of anilines is 2. The van der Waals surface area contributed by atoms with Gasteiger partial charge in [0, 0.05) is 31.1 Å². The van der Waals surface area contributed by atoms with E-state index in [1.54, 1.807) is 23.1 Å². The Labute approximate surface area is 263 Å².